The Kier molecular flexibility index (Phi) is 6.62. The molecule has 0 aliphatic rings. The fourth-order valence-corrected chi connectivity index (χ4v) is 2.77. The Morgan fingerprint density at radius 2 is 1.96 bits per heavy atom. The molecule has 2 heterocycles. The van der Waals surface area contributed by atoms with Crippen molar-refractivity contribution in [1.29, 1.82) is 0 Å². The monoisotopic (exact) mass is 368 g/mol. The van der Waals surface area contributed by atoms with Gasteiger partial charge in [-0.05, 0) is 46.3 Å². The van der Waals surface area contributed by atoms with Crippen molar-refractivity contribution >= 4 is 28.9 Å². The first-order chi connectivity index (χ1) is 11.4. The third kappa shape index (κ3) is 4.70. The lowest BCUT2D eigenvalue weighted by Gasteiger charge is -2.10. The molecule has 0 unspecified atom stereocenters. The summed E-state index contributed by atoms with van der Waals surface area (Å²) < 4.78 is 3.88. The Morgan fingerprint density at radius 3 is 2.54 bits per heavy atom. The lowest BCUT2D eigenvalue weighted by Crippen LogP contribution is -2.35. The Labute approximate surface area is 153 Å². The largest absolute Gasteiger partial charge is 0.363 e. The molecule has 132 valence electrons. The van der Waals surface area contributed by atoms with Crippen LogP contribution < -0.4 is 10.6 Å². The van der Waals surface area contributed by atoms with Crippen molar-refractivity contribution in [3.05, 3.63) is 33.9 Å². The molecular weight excluding hydrogens is 344 g/mol. The second kappa shape index (κ2) is 8.48. The number of nitrogens with zero attached hydrogens (tertiary/aromatic N) is 4. The number of halogens is 1. The van der Waals surface area contributed by atoms with Crippen LogP contribution in [0.2, 0.25) is 5.02 Å². The molecule has 2 aromatic heterocycles. The summed E-state index contributed by atoms with van der Waals surface area (Å²) in [5, 5.41) is 16.7. The first-order valence-electron chi connectivity index (χ1n) is 8.16. The van der Waals surface area contributed by atoms with Gasteiger partial charge in [-0.3, -0.25) is 9.36 Å². The van der Waals surface area contributed by atoms with Crippen LogP contribution in [0.5, 0.6) is 0 Å². The summed E-state index contributed by atoms with van der Waals surface area (Å²) in [5.41, 5.74) is 4.09. The molecule has 2 aromatic rings. The number of rotatable bonds is 7. The molecule has 0 aliphatic carbocycles. The zero-order valence-corrected chi connectivity index (χ0v) is 16.3. The molecule has 2 N–H and O–H groups in total. The van der Waals surface area contributed by atoms with Crippen molar-refractivity contribution in [1.82, 2.24) is 30.2 Å². The third-order valence-electron chi connectivity index (χ3n) is 3.94. The second-order valence-electron chi connectivity index (χ2n) is 5.77. The molecule has 2 rings (SSSR count). The predicted molar refractivity (Wildman–Crippen MR) is 101 cm³/mol. The van der Waals surface area contributed by atoms with Crippen molar-refractivity contribution < 1.29 is 0 Å². The maximum absolute atomic E-state index is 6.15. The number of hydrogen-bond acceptors (Lipinski definition) is 3. The van der Waals surface area contributed by atoms with Gasteiger partial charge in [0, 0.05) is 37.9 Å². The highest BCUT2D eigenvalue weighted by Gasteiger charge is 2.08. The van der Waals surface area contributed by atoms with Crippen LogP contribution in [0.15, 0.2) is 6.20 Å². The van der Waals surface area contributed by atoms with Gasteiger partial charge in [-0.15, -0.1) is 0 Å². The van der Waals surface area contributed by atoms with Gasteiger partial charge in [0.05, 0.1) is 22.1 Å². The van der Waals surface area contributed by atoms with Gasteiger partial charge in [-0.1, -0.05) is 11.6 Å². The number of aromatic nitrogens is 4. The zero-order chi connectivity index (χ0) is 17.7. The lowest BCUT2D eigenvalue weighted by atomic mass is 10.3. The van der Waals surface area contributed by atoms with Gasteiger partial charge in [0.1, 0.15) is 0 Å². The van der Waals surface area contributed by atoms with Crippen molar-refractivity contribution in [2.24, 2.45) is 0 Å². The summed E-state index contributed by atoms with van der Waals surface area (Å²) in [6.07, 6.45) is 2.98. The van der Waals surface area contributed by atoms with Gasteiger partial charge >= 0.3 is 0 Å². The van der Waals surface area contributed by atoms with Gasteiger partial charge in [-0.2, -0.15) is 10.2 Å². The van der Waals surface area contributed by atoms with Crippen molar-refractivity contribution in [2.45, 2.75) is 53.8 Å². The van der Waals surface area contributed by atoms with E-state index in [0.29, 0.717) is 11.7 Å². The third-order valence-corrected chi connectivity index (χ3v) is 4.77. The average Bonchev–Trinajstić information content (AvgIpc) is 3.04. The molecular formula is C16H25ClN6S. The molecule has 0 radical (unpaired) electrons. The average molecular weight is 369 g/mol. The fraction of sp³-hybridized carbons (Fsp3) is 0.562. The molecule has 0 bridgehead atoms. The van der Waals surface area contributed by atoms with E-state index >= 15 is 0 Å². The normalized spacial score (nSPS) is 10.9. The number of thiocarbonyl (C=S) groups is 1. The predicted octanol–water partition coefficient (Wildman–Crippen LogP) is 2.73. The van der Waals surface area contributed by atoms with Crippen molar-refractivity contribution in [3.8, 4) is 0 Å². The fourth-order valence-electron chi connectivity index (χ4n) is 2.46. The van der Waals surface area contributed by atoms with E-state index in [0.717, 1.165) is 48.2 Å². The Bertz CT molecular complexity index is 706. The highest BCUT2D eigenvalue weighted by Crippen LogP contribution is 2.18. The molecule has 8 heteroatoms. The Morgan fingerprint density at radius 1 is 1.21 bits per heavy atom. The van der Waals surface area contributed by atoms with Crippen molar-refractivity contribution in [3.63, 3.8) is 0 Å². The SMILES string of the molecule is CCn1cc(CNC(=S)NCCCn2nc(C)c(Cl)c2C)c(C)n1. The van der Waals surface area contributed by atoms with Crippen LogP contribution in [0, 0.1) is 20.8 Å². The van der Waals surface area contributed by atoms with Gasteiger partial charge < -0.3 is 10.6 Å². The Hall–Kier alpha value is -1.60. The first-order valence-corrected chi connectivity index (χ1v) is 8.95. The number of hydrogen-bond donors (Lipinski definition) is 2. The maximum atomic E-state index is 6.15. The minimum absolute atomic E-state index is 0.657. The number of aryl methyl sites for hydroxylation is 4. The van der Waals surface area contributed by atoms with Crippen LogP contribution in [-0.2, 0) is 19.6 Å². The molecule has 0 spiro atoms. The summed E-state index contributed by atoms with van der Waals surface area (Å²) in [5.74, 6) is 0. The summed E-state index contributed by atoms with van der Waals surface area (Å²) in [4.78, 5) is 0. The molecule has 0 atom stereocenters. The van der Waals surface area contributed by atoms with Crippen LogP contribution in [0.4, 0.5) is 0 Å². The van der Waals surface area contributed by atoms with Crippen molar-refractivity contribution in [2.75, 3.05) is 6.54 Å². The van der Waals surface area contributed by atoms with Gasteiger partial charge in [0.2, 0.25) is 0 Å². The molecule has 0 aromatic carbocycles. The molecule has 0 amide bonds. The second-order valence-corrected chi connectivity index (χ2v) is 6.55. The van der Waals surface area contributed by atoms with Gasteiger partial charge in [0.25, 0.3) is 0 Å². The Balaban J connectivity index is 1.69. The standard InChI is InChI=1S/C16H25ClN6S/c1-5-22-10-14(11(2)20-22)9-19-16(24)18-7-6-8-23-13(4)15(17)12(3)21-23/h10H,5-9H2,1-4H3,(H2,18,19,24). The maximum Gasteiger partial charge on any atom is 0.166 e. The summed E-state index contributed by atoms with van der Waals surface area (Å²) in [7, 11) is 0. The highest BCUT2D eigenvalue weighted by atomic mass is 35.5. The molecule has 0 fully saturated rings. The molecule has 24 heavy (non-hydrogen) atoms. The first kappa shape index (κ1) is 18.7. The van der Waals surface area contributed by atoms with E-state index in [1.807, 2.05) is 30.1 Å². The van der Waals surface area contributed by atoms with Crippen LogP contribution in [0.3, 0.4) is 0 Å². The molecule has 0 saturated carbocycles. The molecule has 0 aliphatic heterocycles. The van der Waals surface area contributed by atoms with E-state index in [-0.39, 0.29) is 0 Å². The van der Waals surface area contributed by atoms with Crippen LogP contribution in [0.1, 0.15) is 36.0 Å². The van der Waals surface area contributed by atoms with E-state index in [1.165, 1.54) is 5.56 Å². The van der Waals surface area contributed by atoms with Crippen LogP contribution >= 0.6 is 23.8 Å². The summed E-state index contributed by atoms with van der Waals surface area (Å²) in [6, 6.07) is 0. The minimum Gasteiger partial charge on any atom is -0.363 e. The van der Waals surface area contributed by atoms with Crippen LogP contribution in [-0.4, -0.2) is 31.2 Å². The van der Waals surface area contributed by atoms with Gasteiger partial charge in [-0.25, -0.2) is 0 Å². The van der Waals surface area contributed by atoms with Crippen LogP contribution in [0.25, 0.3) is 0 Å². The topological polar surface area (TPSA) is 59.7 Å². The van der Waals surface area contributed by atoms with E-state index in [9.17, 15) is 0 Å². The minimum atomic E-state index is 0.657. The van der Waals surface area contributed by atoms with E-state index in [2.05, 4.69) is 34.0 Å². The van der Waals surface area contributed by atoms with Gasteiger partial charge in [0.15, 0.2) is 5.11 Å². The molecule has 6 nitrogen and oxygen atoms in total. The lowest BCUT2D eigenvalue weighted by molar-refractivity contribution is 0.556. The smallest absolute Gasteiger partial charge is 0.166 e. The number of nitrogens with one attached hydrogen (secondary N) is 2. The summed E-state index contributed by atoms with van der Waals surface area (Å²) >= 11 is 11.5. The quantitative estimate of drug-likeness (QED) is 0.581. The molecule has 0 saturated heterocycles. The van der Waals surface area contributed by atoms with E-state index < -0.39 is 0 Å². The zero-order valence-electron chi connectivity index (χ0n) is 14.7. The van der Waals surface area contributed by atoms with E-state index in [4.69, 9.17) is 23.8 Å². The van der Waals surface area contributed by atoms with E-state index in [1.54, 1.807) is 0 Å². The highest BCUT2D eigenvalue weighted by molar-refractivity contribution is 7.80. The summed E-state index contributed by atoms with van der Waals surface area (Å²) in [6.45, 7) is 11.2.